The van der Waals surface area contributed by atoms with Gasteiger partial charge in [0.15, 0.2) is 5.43 Å². The highest BCUT2D eigenvalue weighted by Gasteiger charge is 2.42. The van der Waals surface area contributed by atoms with Crippen LogP contribution in [-0.4, -0.2) is 31.1 Å². The van der Waals surface area contributed by atoms with Gasteiger partial charge in [0.1, 0.15) is 23.7 Å². The van der Waals surface area contributed by atoms with Gasteiger partial charge in [-0.3, -0.25) is 9.59 Å². The Morgan fingerprint density at radius 2 is 1.76 bits per heavy atom. The van der Waals surface area contributed by atoms with Crippen LogP contribution in [0.2, 0.25) is 5.02 Å². The summed E-state index contributed by atoms with van der Waals surface area (Å²) < 4.78 is 16.9. The Morgan fingerprint density at radius 3 is 2.43 bits per heavy atom. The third-order valence-electron chi connectivity index (χ3n) is 6.61. The maximum atomic E-state index is 13.8. The Kier molecular flexibility index (Phi) is 6.76. The molecular formula is C30H26ClNO5. The number of carbonyl (C=O) groups is 1. The highest BCUT2D eigenvalue weighted by Crippen LogP contribution is 2.39. The van der Waals surface area contributed by atoms with Crippen LogP contribution < -0.4 is 14.9 Å². The molecule has 1 atom stereocenters. The molecule has 4 aromatic rings. The zero-order valence-electron chi connectivity index (χ0n) is 20.6. The van der Waals surface area contributed by atoms with E-state index in [1.165, 1.54) is 0 Å². The minimum Gasteiger partial charge on any atom is -0.497 e. The molecule has 0 radical (unpaired) electrons. The molecule has 6 nitrogen and oxygen atoms in total. The lowest BCUT2D eigenvalue weighted by atomic mass is 9.98. The van der Waals surface area contributed by atoms with Crippen molar-refractivity contribution in [2.75, 3.05) is 20.3 Å². The van der Waals surface area contributed by atoms with E-state index in [2.05, 4.69) is 6.58 Å². The van der Waals surface area contributed by atoms with Gasteiger partial charge in [0.25, 0.3) is 5.91 Å². The van der Waals surface area contributed by atoms with Crippen LogP contribution in [-0.2, 0) is 6.42 Å². The van der Waals surface area contributed by atoms with Crippen molar-refractivity contribution in [1.29, 1.82) is 0 Å². The number of hydrogen-bond donors (Lipinski definition) is 0. The molecule has 0 fully saturated rings. The second-order valence-electron chi connectivity index (χ2n) is 8.94. The summed E-state index contributed by atoms with van der Waals surface area (Å²) in [6, 6.07) is 17.8. The van der Waals surface area contributed by atoms with Gasteiger partial charge in [0, 0.05) is 11.6 Å². The molecule has 1 unspecified atom stereocenters. The van der Waals surface area contributed by atoms with Crippen molar-refractivity contribution >= 4 is 28.5 Å². The predicted molar refractivity (Wildman–Crippen MR) is 144 cm³/mol. The Balaban J connectivity index is 1.58. The minimum atomic E-state index is -0.602. The maximum Gasteiger partial charge on any atom is 0.290 e. The number of fused-ring (bicyclic) bond motifs is 2. The van der Waals surface area contributed by atoms with Crippen molar-refractivity contribution in [3.63, 3.8) is 0 Å². The number of nitrogens with zero attached hydrogens (tertiary/aromatic N) is 1. The minimum absolute atomic E-state index is 0.0749. The van der Waals surface area contributed by atoms with Crippen LogP contribution in [0, 0.1) is 6.92 Å². The molecule has 188 valence electrons. The van der Waals surface area contributed by atoms with Gasteiger partial charge in [-0.25, -0.2) is 0 Å². The summed E-state index contributed by atoms with van der Waals surface area (Å²) in [6.07, 6.45) is 2.27. The fourth-order valence-corrected chi connectivity index (χ4v) is 4.82. The van der Waals surface area contributed by atoms with Crippen molar-refractivity contribution in [3.8, 4) is 11.5 Å². The van der Waals surface area contributed by atoms with E-state index in [4.69, 9.17) is 25.5 Å². The quantitative estimate of drug-likeness (QED) is 0.265. The molecule has 0 spiro atoms. The molecule has 0 bridgehead atoms. The van der Waals surface area contributed by atoms with E-state index in [9.17, 15) is 9.59 Å². The number of halogens is 1. The molecule has 37 heavy (non-hydrogen) atoms. The van der Waals surface area contributed by atoms with E-state index in [1.807, 2.05) is 55.5 Å². The van der Waals surface area contributed by atoms with Crippen LogP contribution in [0.3, 0.4) is 0 Å². The molecule has 0 N–H and O–H groups in total. The summed E-state index contributed by atoms with van der Waals surface area (Å²) in [6.45, 7) is 6.28. The molecule has 0 aliphatic carbocycles. The topological polar surface area (TPSA) is 69.0 Å². The van der Waals surface area contributed by atoms with Crippen LogP contribution >= 0.6 is 11.6 Å². The van der Waals surface area contributed by atoms with E-state index < -0.39 is 6.04 Å². The number of ether oxygens (including phenoxy) is 2. The van der Waals surface area contributed by atoms with Gasteiger partial charge < -0.3 is 18.8 Å². The van der Waals surface area contributed by atoms with Crippen LogP contribution in [0.4, 0.5) is 0 Å². The number of amides is 1. The van der Waals surface area contributed by atoms with Gasteiger partial charge in [0.05, 0.1) is 24.1 Å². The van der Waals surface area contributed by atoms with Crippen molar-refractivity contribution in [2.24, 2.45) is 0 Å². The third kappa shape index (κ3) is 4.60. The average molecular weight is 516 g/mol. The third-order valence-corrected chi connectivity index (χ3v) is 7.02. The highest BCUT2D eigenvalue weighted by molar-refractivity contribution is 6.32. The molecule has 2 heterocycles. The summed E-state index contributed by atoms with van der Waals surface area (Å²) in [5.41, 5.74) is 3.02. The van der Waals surface area contributed by atoms with Crippen molar-refractivity contribution < 1.29 is 18.7 Å². The monoisotopic (exact) mass is 515 g/mol. The van der Waals surface area contributed by atoms with E-state index >= 15 is 0 Å². The summed E-state index contributed by atoms with van der Waals surface area (Å²) in [4.78, 5) is 29.1. The second-order valence-corrected chi connectivity index (χ2v) is 9.35. The second kappa shape index (κ2) is 10.1. The molecule has 0 saturated carbocycles. The average Bonchev–Trinajstić information content (AvgIpc) is 3.19. The fraction of sp³-hybridized carbons (Fsp3) is 0.200. The lowest BCUT2D eigenvalue weighted by Gasteiger charge is -2.25. The molecule has 1 aromatic heterocycles. The Bertz CT molecular complexity index is 1540. The summed E-state index contributed by atoms with van der Waals surface area (Å²) in [5, 5.41) is 0.829. The normalized spacial score (nSPS) is 14.6. The molecule has 7 heteroatoms. The Hall–Kier alpha value is -4.03. The van der Waals surface area contributed by atoms with Gasteiger partial charge in [-0.1, -0.05) is 48.5 Å². The Labute approximate surface area is 219 Å². The van der Waals surface area contributed by atoms with E-state index in [0.717, 1.165) is 22.4 Å². The van der Waals surface area contributed by atoms with E-state index in [-0.39, 0.29) is 17.1 Å². The molecule has 1 aliphatic rings. The predicted octanol–water partition coefficient (Wildman–Crippen LogP) is 6.12. The maximum absolute atomic E-state index is 13.8. The van der Waals surface area contributed by atoms with Crippen molar-refractivity contribution in [1.82, 2.24) is 4.90 Å². The van der Waals surface area contributed by atoms with Gasteiger partial charge >= 0.3 is 0 Å². The number of rotatable bonds is 8. The fourth-order valence-electron chi connectivity index (χ4n) is 4.66. The first-order chi connectivity index (χ1) is 17.9. The lowest BCUT2D eigenvalue weighted by molar-refractivity contribution is 0.0730. The smallest absolute Gasteiger partial charge is 0.290 e. The summed E-state index contributed by atoms with van der Waals surface area (Å²) in [7, 11) is 1.62. The molecule has 0 saturated heterocycles. The van der Waals surface area contributed by atoms with Gasteiger partial charge in [-0.05, 0) is 66.4 Å². The molecule has 3 aromatic carbocycles. The van der Waals surface area contributed by atoms with Crippen molar-refractivity contribution in [2.45, 2.75) is 19.4 Å². The number of methoxy groups -OCH3 is 1. The molecular weight excluding hydrogens is 490 g/mol. The van der Waals surface area contributed by atoms with E-state index in [1.54, 1.807) is 30.2 Å². The number of aryl methyl sites for hydroxylation is 1. The van der Waals surface area contributed by atoms with Crippen LogP contribution in [0.5, 0.6) is 11.5 Å². The van der Waals surface area contributed by atoms with Crippen LogP contribution in [0.15, 0.2) is 82.5 Å². The molecule has 5 rings (SSSR count). The zero-order valence-corrected chi connectivity index (χ0v) is 21.4. The first-order valence-corrected chi connectivity index (χ1v) is 12.3. The summed E-state index contributed by atoms with van der Waals surface area (Å²) in [5.74, 6) is 1.20. The van der Waals surface area contributed by atoms with Crippen molar-refractivity contribution in [3.05, 3.63) is 117 Å². The SMILES string of the molecule is C=CCOc1ccc(C2c3c(oc4cc(C)c(Cl)cc4c3=O)C(=O)N2CCc2ccc(OC)cc2)cc1. The highest BCUT2D eigenvalue weighted by atomic mass is 35.5. The van der Waals surface area contributed by atoms with E-state index in [0.29, 0.717) is 46.9 Å². The molecule has 1 aliphatic heterocycles. The Morgan fingerprint density at radius 1 is 1.05 bits per heavy atom. The largest absolute Gasteiger partial charge is 0.497 e. The number of hydrogen-bond acceptors (Lipinski definition) is 5. The lowest BCUT2D eigenvalue weighted by Crippen LogP contribution is -2.31. The van der Waals surface area contributed by atoms with Gasteiger partial charge in [-0.15, -0.1) is 0 Å². The number of carbonyl (C=O) groups excluding carboxylic acids is 1. The van der Waals surface area contributed by atoms with Crippen LogP contribution in [0.25, 0.3) is 11.0 Å². The first kappa shape index (κ1) is 24.7. The zero-order chi connectivity index (χ0) is 26.1. The number of benzene rings is 3. The first-order valence-electron chi connectivity index (χ1n) is 12.0. The van der Waals surface area contributed by atoms with Crippen LogP contribution in [0.1, 0.15) is 38.9 Å². The summed E-state index contributed by atoms with van der Waals surface area (Å²) >= 11 is 6.33. The van der Waals surface area contributed by atoms with Gasteiger partial charge in [0.2, 0.25) is 5.76 Å². The standard InChI is InChI=1S/C30H26ClNO5/c1-4-15-36-22-11-7-20(8-12-22)27-26-28(33)23-17-24(31)18(2)16-25(23)37-29(26)30(34)32(27)14-13-19-5-9-21(35-3)10-6-19/h4-12,16-17,27H,1,13-15H2,2-3H3. The molecule has 1 amide bonds. The van der Waals surface area contributed by atoms with Gasteiger partial charge in [-0.2, -0.15) is 0 Å².